The number of urea groups is 1. The number of ether oxygens (including phenoxy) is 1. The second-order valence-electron chi connectivity index (χ2n) is 12.3. The third-order valence-corrected chi connectivity index (χ3v) is 8.04. The highest BCUT2D eigenvalue weighted by atomic mass is 16.5. The summed E-state index contributed by atoms with van der Waals surface area (Å²) in [4.78, 5) is 44.3. The molecule has 9 nitrogen and oxygen atoms in total. The zero-order valence-electron chi connectivity index (χ0n) is 26.8. The van der Waals surface area contributed by atoms with Gasteiger partial charge in [-0.05, 0) is 60.7 Å². The summed E-state index contributed by atoms with van der Waals surface area (Å²) in [6.07, 6.45) is 13.0. The van der Waals surface area contributed by atoms with Crippen LogP contribution in [0.15, 0.2) is 79.0 Å². The van der Waals surface area contributed by atoms with E-state index in [9.17, 15) is 14.4 Å². The van der Waals surface area contributed by atoms with E-state index in [0.29, 0.717) is 45.6 Å². The summed E-state index contributed by atoms with van der Waals surface area (Å²) >= 11 is 0. The first-order chi connectivity index (χ1) is 21.9. The average Bonchev–Trinajstić information content (AvgIpc) is 3.34. The SMILES string of the molecule is CC(C)C[C@H](NC(=O)N1CCCCCC1)C(=O)N[C@@H](Cc1ccc(OCc2ccccc2)cc1)C(=O)NCCN1C=CC=CC1. The van der Waals surface area contributed by atoms with E-state index in [-0.39, 0.29) is 23.8 Å². The molecule has 0 radical (unpaired) electrons. The molecule has 0 aliphatic carbocycles. The van der Waals surface area contributed by atoms with Gasteiger partial charge in [-0.2, -0.15) is 0 Å². The number of likely N-dealkylation sites (tertiary alicyclic amines) is 1. The molecule has 2 aliphatic heterocycles. The van der Waals surface area contributed by atoms with Crippen LogP contribution in [0.5, 0.6) is 5.75 Å². The van der Waals surface area contributed by atoms with Crippen molar-refractivity contribution in [3.8, 4) is 5.75 Å². The Hall–Kier alpha value is -4.27. The van der Waals surface area contributed by atoms with Crippen LogP contribution in [-0.4, -0.2) is 72.5 Å². The second kappa shape index (κ2) is 17.9. The molecule has 0 aromatic heterocycles. The highest BCUT2D eigenvalue weighted by molar-refractivity contribution is 5.92. The average molecular weight is 616 g/mol. The van der Waals surface area contributed by atoms with Crippen molar-refractivity contribution in [3.63, 3.8) is 0 Å². The lowest BCUT2D eigenvalue weighted by molar-refractivity contribution is -0.130. The summed E-state index contributed by atoms with van der Waals surface area (Å²) in [6.45, 7) is 7.78. The highest BCUT2D eigenvalue weighted by Crippen LogP contribution is 2.16. The molecule has 2 atom stereocenters. The van der Waals surface area contributed by atoms with Crippen LogP contribution in [-0.2, 0) is 22.6 Å². The zero-order valence-corrected chi connectivity index (χ0v) is 26.8. The Morgan fingerprint density at radius 1 is 0.822 bits per heavy atom. The monoisotopic (exact) mass is 615 g/mol. The molecule has 2 aromatic rings. The van der Waals surface area contributed by atoms with Crippen LogP contribution in [0.4, 0.5) is 4.79 Å². The van der Waals surface area contributed by atoms with E-state index in [4.69, 9.17) is 4.74 Å². The maximum absolute atomic E-state index is 13.7. The number of amides is 4. The number of benzene rings is 2. The minimum Gasteiger partial charge on any atom is -0.489 e. The predicted octanol–water partition coefficient (Wildman–Crippen LogP) is 4.79. The smallest absolute Gasteiger partial charge is 0.318 e. The van der Waals surface area contributed by atoms with Crippen molar-refractivity contribution in [3.05, 3.63) is 90.2 Å². The Bertz CT molecular complexity index is 1270. The van der Waals surface area contributed by atoms with Crippen molar-refractivity contribution >= 4 is 17.8 Å². The van der Waals surface area contributed by atoms with Gasteiger partial charge in [0.25, 0.3) is 0 Å². The number of nitrogens with zero attached hydrogens (tertiary/aromatic N) is 2. The van der Waals surface area contributed by atoms with E-state index in [1.807, 2.05) is 91.7 Å². The fourth-order valence-electron chi connectivity index (χ4n) is 5.52. The van der Waals surface area contributed by atoms with Gasteiger partial charge in [0.1, 0.15) is 24.4 Å². The molecule has 0 spiro atoms. The van der Waals surface area contributed by atoms with Gasteiger partial charge in [0.2, 0.25) is 11.8 Å². The summed E-state index contributed by atoms with van der Waals surface area (Å²) < 4.78 is 5.93. The molecule has 2 aromatic carbocycles. The molecular formula is C36H49N5O4. The molecule has 4 rings (SSSR count). The first kappa shape index (κ1) is 33.6. The third kappa shape index (κ3) is 11.6. The molecule has 0 bridgehead atoms. The molecule has 9 heteroatoms. The Morgan fingerprint density at radius 3 is 2.22 bits per heavy atom. The van der Waals surface area contributed by atoms with Gasteiger partial charge in [-0.1, -0.05) is 81.3 Å². The van der Waals surface area contributed by atoms with Crippen molar-refractivity contribution < 1.29 is 19.1 Å². The molecule has 45 heavy (non-hydrogen) atoms. The maximum atomic E-state index is 13.7. The fraction of sp³-hybridized carbons (Fsp3) is 0.472. The molecule has 1 fully saturated rings. The van der Waals surface area contributed by atoms with Gasteiger partial charge in [-0.15, -0.1) is 0 Å². The maximum Gasteiger partial charge on any atom is 0.318 e. The number of rotatable bonds is 14. The number of carbonyl (C=O) groups is 3. The van der Waals surface area contributed by atoms with Crippen molar-refractivity contribution in [1.29, 1.82) is 0 Å². The number of hydrogen-bond acceptors (Lipinski definition) is 5. The molecule has 4 amide bonds. The molecule has 3 N–H and O–H groups in total. The van der Waals surface area contributed by atoms with E-state index in [2.05, 4.69) is 26.9 Å². The van der Waals surface area contributed by atoms with E-state index in [0.717, 1.165) is 49.1 Å². The quantitative estimate of drug-likeness (QED) is 0.284. The largest absolute Gasteiger partial charge is 0.489 e. The van der Waals surface area contributed by atoms with Gasteiger partial charge in [-0.25, -0.2) is 4.79 Å². The molecule has 2 heterocycles. The predicted molar refractivity (Wildman–Crippen MR) is 178 cm³/mol. The van der Waals surface area contributed by atoms with Crippen LogP contribution < -0.4 is 20.7 Å². The Morgan fingerprint density at radius 2 is 1.56 bits per heavy atom. The summed E-state index contributed by atoms with van der Waals surface area (Å²) in [5.74, 6) is 0.294. The van der Waals surface area contributed by atoms with Crippen LogP contribution in [0.1, 0.15) is 57.1 Å². The number of hydrogen-bond donors (Lipinski definition) is 3. The van der Waals surface area contributed by atoms with Crippen LogP contribution >= 0.6 is 0 Å². The van der Waals surface area contributed by atoms with Gasteiger partial charge in [-0.3, -0.25) is 9.59 Å². The summed E-state index contributed by atoms with van der Waals surface area (Å²) in [7, 11) is 0. The lowest BCUT2D eigenvalue weighted by Crippen LogP contribution is -2.56. The second-order valence-corrected chi connectivity index (χ2v) is 12.3. The van der Waals surface area contributed by atoms with Crippen molar-refractivity contribution in [2.45, 2.75) is 71.1 Å². The third-order valence-electron chi connectivity index (χ3n) is 8.04. The van der Waals surface area contributed by atoms with Gasteiger partial charge in [0.15, 0.2) is 0 Å². The summed E-state index contributed by atoms with van der Waals surface area (Å²) in [5.41, 5.74) is 1.97. The molecule has 2 aliphatic rings. The van der Waals surface area contributed by atoms with E-state index in [1.165, 1.54) is 0 Å². The normalized spacial score (nSPS) is 16.1. The first-order valence-corrected chi connectivity index (χ1v) is 16.3. The molecule has 0 unspecified atom stereocenters. The van der Waals surface area contributed by atoms with Gasteiger partial charge in [0.05, 0.1) is 0 Å². The Balaban J connectivity index is 1.41. The standard InChI is InChI=1S/C36H49N5O4/c1-28(2)25-32(39-36(44)41-22-11-3-4-12-23-41)35(43)38-33(34(42)37-19-24-40-20-9-6-10-21-40)26-29-15-17-31(18-16-29)45-27-30-13-7-5-8-14-30/h5-10,13-18,20,28,32-33H,3-4,11-12,19,21-27H2,1-2H3,(H,37,42)(H,38,43)(H,39,44)/t32-,33-/m0/s1. The van der Waals surface area contributed by atoms with E-state index < -0.39 is 12.1 Å². The molecule has 0 saturated carbocycles. The minimum atomic E-state index is -0.810. The van der Waals surface area contributed by atoms with Crippen molar-refractivity contribution in [1.82, 2.24) is 25.8 Å². The minimum absolute atomic E-state index is 0.174. The molecule has 1 saturated heterocycles. The van der Waals surface area contributed by atoms with Gasteiger partial charge >= 0.3 is 6.03 Å². The van der Waals surface area contributed by atoms with Crippen LogP contribution in [0.3, 0.4) is 0 Å². The van der Waals surface area contributed by atoms with Crippen molar-refractivity contribution in [2.24, 2.45) is 5.92 Å². The van der Waals surface area contributed by atoms with Gasteiger partial charge < -0.3 is 30.5 Å². The zero-order chi connectivity index (χ0) is 31.9. The fourth-order valence-corrected chi connectivity index (χ4v) is 5.52. The van der Waals surface area contributed by atoms with Crippen LogP contribution in [0.2, 0.25) is 0 Å². The van der Waals surface area contributed by atoms with E-state index in [1.54, 1.807) is 0 Å². The van der Waals surface area contributed by atoms with Crippen LogP contribution in [0, 0.1) is 5.92 Å². The topological polar surface area (TPSA) is 103 Å². The number of allylic oxidation sites excluding steroid dienone is 2. The molecular weight excluding hydrogens is 566 g/mol. The van der Waals surface area contributed by atoms with Crippen LogP contribution in [0.25, 0.3) is 0 Å². The van der Waals surface area contributed by atoms with Crippen molar-refractivity contribution in [2.75, 3.05) is 32.7 Å². The van der Waals surface area contributed by atoms with Gasteiger partial charge in [0, 0.05) is 39.1 Å². The Kier molecular flexibility index (Phi) is 13.4. The Labute approximate surface area is 268 Å². The van der Waals surface area contributed by atoms with E-state index >= 15 is 0 Å². The summed E-state index contributed by atoms with van der Waals surface area (Å²) in [6, 6.07) is 15.8. The highest BCUT2D eigenvalue weighted by Gasteiger charge is 2.29. The lowest BCUT2D eigenvalue weighted by atomic mass is 10.0. The number of nitrogens with one attached hydrogen (secondary N) is 3. The summed E-state index contributed by atoms with van der Waals surface area (Å²) in [5, 5.41) is 8.98. The number of carbonyl (C=O) groups excluding carboxylic acids is 3. The lowest BCUT2D eigenvalue weighted by Gasteiger charge is -2.28. The first-order valence-electron chi connectivity index (χ1n) is 16.3. The molecule has 242 valence electrons.